The summed E-state index contributed by atoms with van der Waals surface area (Å²) >= 11 is 0. The molecular formula is C12H15F2NO2S. The van der Waals surface area contributed by atoms with Crippen molar-refractivity contribution in [2.75, 3.05) is 12.3 Å². The first-order chi connectivity index (χ1) is 8.49. The second-order valence-corrected chi connectivity index (χ2v) is 6.55. The number of rotatable bonds is 6. The molecule has 2 rings (SSSR count). The molecule has 1 aromatic carbocycles. The van der Waals surface area contributed by atoms with Gasteiger partial charge in [0, 0.05) is 12.1 Å². The maximum atomic E-state index is 13.4. The van der Waals surface area contributed by atoms with E-state index in [4.69, 9.17) is 0 Å². The molecule has 0 atom stereocenters. The molecule has 0 heterocycles. The van der Waals surface area contributed by atoms with Crippen molar-refractivity contribution < 1.29 is 17.2 Å². The molecule has 1 saturated carbocycles. The summed E-state index contributed by atoms with van der Waals surface area (Å²) in [7, 11) is -3.67. The van der Waals surface area contributed by atoms with Crippen LogP contribution in [0.25, 0.3) is 0 Å². The molecule has 6 heteroatoms. The molecule has 1 aliphatic carbocycles. The van der Waals surface area contributed by atoms with E-state index in [0.29, 0.717) is 25.1 Å². The fourth-order valence-electron chi connectivity index (χ4n) is 1.69. The van der Waals surface area contributed by atoms with Crippen LogP contribution in [0.4, 0.5) is 8.78 Å². The lowest BCUT2D eigenvalue weighted by molar-refractivity contribution is 0.547. The molecule has 0 radical (unpaired) electrons. The van der Waals surface area contributed by atoms with E-state index in [1.807, 2.05) is 0 Å². The van der Waals surface area contributed by atoms with Gasteiger partial charge in [-0.2, -0.15) is 0 Å². The molecule has 1 aliphatic rings. The van der Waals surface area contributed by atoms with Gasteiger partial charge in [-0.15, -0.1) is 0 Å². The Kier molecular flexibility index (Phi) is 3.97. The molecule has 0 bridgehead atoms. The fourth-order valence-corrected chi connectivity index (χ4v) is 3.07. The Morgan fingerprint density at radius 1 is 1.28 bits per heavy atom. The third-order valence-electron chi connectivity index (χ3n) is 2.83. The van der Waals surface area contributed by atoms with E-state index in [-0.39, 0.29) is 5.75 Å². The quantitative estimate of drug-likeness (QED) is 0.637. The Morgan fingerprint density at radius 2 is 2.00 bits per heavy atom. The van der Waals surface area contributed by atoms with Crippen LogP contribution >= 0.6 is 0 Å². The highest BCUT2D eigenvalue weighted by Gasteiger charge is 2.22. The highest BCUT2D eigenvalue weighted by atomic mass is 32.2. The largest absolute Gasteiger partial charge is 0.314 e. The van der Waals surface area contributed by atoms with Gasteiger partial charge in [-0.1, -0.05) is 0 Å². The summed E-state index contributed by atoms with van der Waals surface area (Å²) in [6, 6.07) is 3.05. The smallest absolute Gasteiger partial charge is 0.181 e. The Labute approximate surface area is 105 Å². The molecule has 3 nitrogen and oxygen atoms in total. The third kappa shape index (κ3) is 3.49. The normalized spacial score (nSPS) is 15.9. The molecule has 0 aliphatic heterocycles. The zero-order valence-electron chi connectivity index (χ0n) is 9.83. The molecule has 0 spiro atoms. The van der Waals surface area contributed by atoms with Crippen molar-refractivity contribution in [1.29, 1.82) is 0 Å². The molecular weight excluding hydrogens is 260 g/mol. The Bertz CT molecular complexity index is 527. The van der Waals surface area contributed by atoms with Crippen LogP contribution in [0.15, 0.2) is 23.1 Å². The van der Waals surface area contributed by atoms with Crippen LogP contribution in [0.2, 0.25) is 0 Å². The van der Waals surface area contributed by atoms with Crippen LogP contribution in [-0.4, -0.2) is 26.8 Å². The maximum absolute atomic E-state index is 13.4. The second-order valence-electron chi connectivity index (χ2n) is 4.48. The Hall–Kier alpha value is -1.01. The average Bonchev–Trinajstić information content (AvgIpc) is 3.07. The Morgan fingerprint density at radius 3 is 2.61 bits per heavy atom. The van der Waals surface area contributed by atoms with Gasteiger partial charge in [0.2, 0.25) is 0 Å². The van der Waals surface area contributed by atoms with Crippen LogP contribution in [0.3, 0.4) is 0 Å². The minimum absolute atomic E-state index is 0.130. The number of halogens is 2. The topological polar surface area (TPSA) is 46.2 Å². The van der Waals surface area contributed by atoms with E-state index >= 15 is 0 Å². The lowest BCUT2D eigenvalue weighted by Gasteiger charge is -2.06. The predicted molar refractivity (Wildman–Crippen MR) is 64.1 cm³/mol. The van der Waals surface area contributed by atoms with Crippen LogP contribution < -0.4 is 5.32 Å². The van der Waals surface area contributed by atoms with Crippen LogP contribution in [0.1, 0.15) is 19.3 Å². The molecule has 100 valence electrons. The summed E-state index contributed by atoms with van der Waals surface area (Å²) in [5.74, 6) is -1.93. The standard InChI is InChI=1S/C12H15F2NO2S/c13-9-2-5-12(11(14)8-9)18(16,17)7-1-6-15-10-3-4-10/h2,5,8,10,15H,1,3-4,6-7H2. The zero-order chi connectivity index (χ0) is 13.2. The van der Waals surface area contributed by atoms with Gasteiger partial charge in [-0.3, -0.25) is 0 Å². The SMILES string of the molecule is O=S(=O)(CCCNC1CC1)c1ccc(F)cc1F. The third-order valence-corrected chi connectivity index (χ3v) is 4.66. The molecule has 0 saturated heterocycles. The molecule has 1 aromatic rings. The molecule has 0 amide bonds. The van der Waals surface area contributed by atoms with Gasteiger partial charge in [0.05, 0.1) is 5.75 Å². The van der Waals surface area contributed by atoms with E-state index < -0.39 is 26.4 Å². The molecule has 18 heavy (non-hydrogen) atoms. The summed E-state index contributed by atoms with van der Waals surface area (Å²) < 4.78 is 49.7. The van der Waals surface area contributed by atoms with Gasteiger partial charge in [-0.05, 0) is 37.9 Å². The van der Waals surface area contributed by atoms with Crippen molar-refractivity contribution in [2.24, 2.45) is 0 Å². The highest BCUT2D eigenvalue weighted by Crippen LogP contribution is 2.19. The van der Waals surface area contributed by atoms with Crippen LogP contribution in [-0.2, 0) is 9.84 Å². The Balaban J connectivity index is 1.95. The van der Waals surface area contributed by atoms with E-state index in [1.54, 1.807) is 0 Å². The van der Waals surface area contributed by atoms with Crippen LogP contribution in [0, 0.1) is 11.6 Å². The van der Waals surface area contributed by atoms with Crippen molar-refractivity contribution in [2.45, 2.75) is 30.2 Å². The summed E-state index contributed by atoms with van der Waals surface area (Å²) in [5, 5.41) is 3.19. The van der Waals surface area contributed by atoms with Gasteiger partial charge in [0.15, 0.2) is 9.84 Å². The van der Waals surface area contributed by atoms with Gasteiger partial charge in [0.1, 0.15) is 16.5 Å². The summed E-state index contributed by atoms with van der Waals surface area (Å²) in [6.45, 7) is 0.604. The molecule has 0 unspecified atom stereocenters. The number of sulfone groups is 1. The fraction of sp³-hybridized carbons (Fsp3) is 0.500. The summed E-state index contributed by atoms with van der Waals surface area (Å²) in [6.07, 6.45) is 2.70. The predicted octanol–water partition coefficient (Wildman–Crippen LogP) is 1.88. The van der Waals surface area contributed by atoms with Crippen molar-refractivity contribution in [3.8, 4) is 0 Å². The zero-order valence-corrected chi connectivity index (χ0v) is 10.6. The minimum atomic E-state index is -3.67. The monoisotopic (exact) mass is 275 g/mol. The van der Waals surface area contributed by atoms with Crippen molar-refractivity contribution in [3.63, 3.8) is 0 Å². The number of nitrogens with one attached hydrogen (secondary N) is 1. The summed E-state index contributed by atoms with van der Waals surface area (Å²) in [5.41, 5.74) is 0. The number of benzene rings is 1. The van der Waals surface area contributed by atoms with Gasteiger partial charge < -0.3 is 5.32 Å². The first-order valence-electron chi connectivity index (χ1n) is 5.90. The molecule has 1 fully saturated rings. The number of hydrogen-bond acceptors (Lipinski definition) is 3. The van der Waals surface area contributed by atoms with Crippen molar-refractivity contribution in [3.05, 3.63) is 29.8 Å². The number of hydrogen-bond donors (Lipinski definition) is 1. The molecule has 0 aromatic heterocycles. The summed E-state index contributed by atoms with van der Waals surface area (Å²) in [4.78, 5) is -0.421. The maximum Gasteiger partial charge on any atom is 0.181 e. The van der Waals surface area contributed by atoms with E-state index in [9.17, 15) is 17.2 Å². The van der Waals surface area contributed by atoms with E-state index in [0.717, 1.165) is 25.0 Å². The highest BCUT2D eigenvalue weighted by molar-refractivity contribution is 7.91. The lowest BCUT2D eigenvalue weighted by Crippen LogP contribution is -2.20. The van der Waals surface area contributed by atoms with Crippen LogP contribution in [0.5, 0.6) is 0 Å². The van der Waals surface area contributed by atoms with Gasteiger partial charge in [0.25, 0.3) is 0 Å². The average molecular weight is 275 g/mol. The molecule has 1 N–H and O–H groups in total. The lowest BCUT2D eigenvalue weighted by atomic mass is 10.3. The minimum Gasteiger partial charge on any atom is -0.314 e. The first-order valence-corrected chi connectivity index (χ1v) is 7.55. The van der Waals surface area contributed by atoms with Crippen molar-refractivity contribution in [1.82, 2.24) is 5.32 Å². The van der Waals surface area contributed by atoms with E-state index in [1.165, 1.54) is 0 Å². The van der Waals surface area contributed by atoms with Gasteiger partial charge >= 0.3 is 0 Å². The van der Waals surface area contributed by atoms with Crippen molar-refractivity contribution >= 4 is 9.84 Å². The first kappa shape index (κ1) is 13.4. The van der Waals surface area contributed by atoms with Gasteiger partial charge in [-0.25, -0.2) is 17.2 Å². The second kappa shape index (κ2) is 5.32. The van der Waals surface area contributed by atoms with E-state index in [2.05, 4.69) is 5.32 Å².